The molecule has 0 aliphatic rings. The minimum Gasteiger partial charge on any atom is -0.341 e. The Morgan fingerprint density at radius 1 is 1.39 bits per heavy atom. The van der Waals surface area contributed by atoms with Crippen molar-refractivity contribution in [2.45, 2.75) is 32.7 Å². The van der Waals surface area contributed by atoms with Crippen LogP contribution in [0.5, 0.6) is 0 Å². The molecule has 0 fully saturated rings. The Kier molecular flexibility index (Phi) is 5.93. The lowest BCUT2D eigenvalue weighted by atomic mass is 10.0. The number of benzene rings is 1. The minimum absolute atomic E-state index is 0.000856. The van der Waals surface area contributed by atoms with Gasteiger partial charge in [-0.25, -0.2) is 0 Å². The van der Waals surface area contributed by atoms with E-state index in [-0.39, 0.29) is 11.8 Å². The zero-order chi connectivity index (χ0) is 13.4. The topological polar surface area (TPSA) is 44.1 Å². The molecule has 0 aromatic heterocycles. The summed E-state index contributed by atoms with van der Waals surface area (Å²) < 4.78 is 0. The highest BCUT2D eigenvalue weighted by Gasteiger charge is 2.12. The standard InChI is InChI=1S/C15H20N2O/c1-3-13(11-16)9-10-15(18)17(2)12-14-7-5-4-6-8-14/h4-8,13H,3,9-10,12H2,1-2H3. The fourth-order valence-electron chi connectivity index (χ4n) is 1.79. The van der Waals surface area contributed by atoms with E-state index in [2.05, 4.69) is 6.07 Å². The van der Waals surface area contributed by atoms with Gasteiger partial charge < -0.3 is 4.90 Å². The van der Waals surface area contributed by atoms with E-state index in [0.717, 1.165) is 12.0 Å². The second-order valence-electron chi connectivity index (χ2n) is 4.51. The molecule has 0 bridgehead atoms. The van der Waals surface area contributed by atoms with E-state index in [0.29, 0.717) is 19.4 Å². The molecule has 0 spiro atoms. The van der Waals surface area contributed by atoms with Crippen LogP contribution in [0, 0.1) is 17.2 Å². The van der Waals surface area contributed by atoms with Crippen LogP contribution in [-0.4, -0.2) is 17.9 Å². The van der Waals surface area contributed by atoms with Crippen LogP contribution >= 0.6 is 0 Å². The zero-order valence-electron chi connectivity index (χ0n) is 11.1. The second kappa shape index (κ2) is 7.50. The van der Waals surface area contributed by atoms with Gasteiger partial charge in [0.15, 0.2) is 0 Å². The minimum atomic E-state index is -0.000856. The molecule has 0 aliphatic heterocycles. The van der Waals surface area contributed by atoms with Crippen molar-refractivity contribution in [1.82, 2.24) is 4.90 Å². The summed E-state index contributed by atoms with van der Waals surface area (Å²) in [6, 6.07) is 12.1. The van der Waals surface area contributed by atoms with Crippen molar-refractivity contribution in [2.24, 2.45) is 5.92 Å². The molecular formula is C15H20N2O. The molecule has 0 saturated heterocycles. The number of amides is 1. The highest BCUT2D eigenvalue weighted by Crippen LogP contribution is 2.11. The van der Waals surface area contributed by atoms with Crippen LogP contribution in [0.15, 0.2) is 30.3 Å². The summed E-state index contributed by atoms with van der Waals surface area (Å²) in [7, 11) is 1.81. The smallest absolute Gasteiger partial charge is 0.222 e. The molecule has 1 atom stereocenters. The number of rotatable bonds is 6. The number of carbonyl (C=O) groups is 1. The van der Waals surface area contributed by atoms with Crippen molar-refractivity contribution >= 4 is 5.91 Å². The number of carbonyl (C=O) groups excluding carboxylic acids is 1. The van der Waals surface area contributed by atoms with E-state index in [1.807, 2.05) is 44.3 Å². The van der Waals surface area contributed by atoms with E-state index in [1.165, 1.54) is 0 Å². The predicted octanol–water partition coefficient (Wildman–Crippen LogP) is 2.97. The molecule has 0 N–H and O–H groups in total. The van der Waals surface area contributed by atoms with Gasteiger partial charge in [0.05, 0.1) is 6.07 Å². The van der Waals surface area contributed by atoms with E-state index in [1.54, 1.807) is 4.90 Å². The van der Waals surface area contributed by atoms with Crippen LogP contribution in [-0.2, 0) is 11.3 Å². The Balaban J connectivity index is 2.40. The molecule has 0 heterocycles. The number of hydrogen-bond donors (Lipinski definition) is 0. The largest absolute Gasteiger partial charge is 0.341 e. The van der Waals surface area contributed by atoms with Gasteiger partial charge in [0.25, 0.3) is 0 Å². The quantitative estimate of drug-likeness (QED) is 0.772. The van der Waals surface area contributed by atoms with Crippen LogP contribution in [0.1, 0.15) is 31.7 Å². The van der Waals surface area contributed by atoms with Gasteiger partial charge in [0.2, 0.25) is 5.91 Å². The normalized spacial score (nSPS) is 11.6. The molecule has 1 amide bonds. The third kappa shape index (κ3) is 4.58. The summed E-state index contributed by atoms with van der Waals surface area (Å²) in [4.78, 5) is 13.6. The predicted molar refractivity (Wildman–Crippen MR) is 71.5 cm³/mol. The van der Waals surface area contributed by atoms with Gasteiger partial charge in [-0.1, -0.05) is 37.3 Å². The molecule has 1 aromatic carbocycles. The van der Waals surface area contributed by atoms with Gasteiger partial charge in [-0.3, -0.25) is 4.79 Å². The van der Waals surface area contributed by atoms with Gasteiger partial charge >= 0.3 is 0 Å². The van der Waals surface area contributed by atoms with E-state index in [4.69, 9.17) is 5.26 Å². The first kappa shape index (κ1) is 14.2. The van der Waals surface area contributed by atoms with E-state index < -0.39 is 0 Å². The average molecular weight is 244 g/mol. The lowest BCUT2D eigenvalue weighted by Gasteiger charge is -2.17. The summed E-state index contributed by atoms with van der Waals surface area (Å²) in [5.41, 5.74) is 1.13. The molecule has 1 rings (SSSR count). The van der Waals surface area contributed by atoms with Gasteiger partial charge in [0.1, 0.15) is 0 Å². The van der Waals surface area contributed by atoms with Crippen molar-refractivity contribution in [3.8, 4) is 6.07 Å². The first-order chi connectivity index (χ1) is 8.67. The lowest BCUT2D eigenvalue weighted by Crippen LogP contribution is -2.26. The van der Waals surface area contributed by atoms with Crippen LogP contribution < -0.4 is 0 Å². The fraction of sp³-hybridized carbons (Fsp3) is 0.467. The number of hydrogen-bond acceptors (Lipinski definition) is 2. The Hall–Kier alpha value is -1.82. The van der Waals surface area contributed by atoms with Crippen molar-refractivity contribution in [3.05, 3.63) is 35.9 Å². The third-order valence-corrected chi connectivity index (χ3v) is 3.07. The molecule has 18 heavy (non-hydrogen) atoms. The summed E-state index contributed by atoms with van der Waals surface area (Å²) in [6.45, 7) is 2.61. The first-order valence-electron chi connectivity index (χ1n) is 6.34. The van der Waals surface area contributed by atoms with Gasteiger partial charge in [0, 0.05) is 25.9 Å². The molecular weight excluding hydrogens is 224 g/mol. The van der Waals surface area contributed by atoms with E-state index >= 15 is 0 Å². The average Bonchev–Trinajstić information content (AvgIpc) is 2.40. The lowest BCUT2D eigenvalue weighted by molar-refractivity contribution is -0.130. The van der Waals surface area contributed by atoms with Crippen LogP contribution in [0.25, 0.3) is 0 Å². The van der Waals surface area contributed by atoms with Crippen molar-refractivity contribution in [3.63, 3.8) is 0 Å². The maximum Gasteiger partial charge on any atom is 0.222 e. The molecule has 3 heteroatoms. The Labute approximate surface area is 109 Å². The molecule has 0 radical (unpaired) electrons. The monoisotopic (exact) mass is 244 g/mol. The number of nitriles is 1. The summed E-state index contributed by atoms with van der Waals surface area (Å²) in [5.74, 6) is 0.103. The number of nitrogens with zero attached hydrogens (tertiary/aromatic N) is 2. The van der Waals surface area contributed by atoms with Crippen molar-refractivity contribution in [2.75, 3.05) is 7.05 Å². The summed E-state index contributed by atoms with van der Waals surface area (Å²) in [5, 5.41) is 8.84. The Bertz CT molecular complexity index is 408. The molecule has 0 aliphatic carbocycles. The van der Waals surface area contributed by atoms with Gasteiger partial charge in [-0.2, -0.15) is 5.26 Å². The van der Waals surface area contributed by atoms with Crippen molar-refractivity contribution < 1.29 is 4.79 Å². The molecule has 96 valence electrons. The molecule has 1 aromatic rings. The summed E-state index contributed by atoms with van der Waals surface area (Å²) in [6.07, 6.45) is 1.92. The Morgan fingerprint density at radius 3 is 2.61 bits per heavy atom. The maximum absolute atomic E-state index is 11.9. The third-order valence-electron chi connectivity index (χ3n) is 3.07. The second-order valence-corrected chi connectivity index (χ2v) is 4.51. The van der Waals surface area contributed by atoms with Gasteiger partial charge in [-0.05, 0) is 18.4 Å². The maximum atomic E-state index is 11.9. The SMILES string of the molecule is CCC(C#N)CCC(=O)N(C)Cc1ccccc1. The Morgan fingerprint density at radius 2 is 2.06 bits per heavy atom. The molecule has 0 saturated carbocycles. The highest BCUT2D eigenvalue weighted by molar-refractivity contribution is 5.75. The van der Waals surface area contributed by atoms with Gasteiger partial charge in [-0.15, -0.1) is 0 Å². The van der Waals surface area contributed by atoms with Crippen LogP contribution in [0.2, 0.25) is 0 Å². The van der Waals surface area contributed by atoms with Crippen molar-refractivity contribution in [1.29, 1.82) is 5.26 Å². The molecule has 1 unspecified atom stereocenters. The fourth-order valence-corrected chi connectivity index (χ4v) is 1.79. The van der Waals surface area contributed by atoms with E-state index in [9.17, 15) is 4.79 Å². The van der Waals surface area contributed by atoms with Crippen LogP contribution in [0.4, 0.5) is 0 Å². The highest BCUT2D eigenvalue weighted by atomic mass is 16.2. The zero-order valence-corrected chi connectivity index (χ0v) is 11.1. The van der Waals surface area contributed by atoms with Crippen LogP contribution in [0.3, 0.4) is 0 Å². The molecule has 3 nitrogen and oxygen atoms in total. The first-order valence-corrected chi connectivity index (χ1v) is 6.34. The summed E-state index contributed by atoms with van der Waals surface area (Å²) >= 11 is 0.